The maximum Gasteiger partial charge on any atom is 0.166 e. The predicted octanol–water partition coefficient (Wildman–Crippen LogP) is 1.73. The molecule has 0 aliphatic rings. The lowest BCUT2D eigenvalue weighted by molar-refractivity contribution is 0.535. The van der Waals surface area contributed by atoms with Crippen LogP contribution in [-0.4, -0.2) is 28.6 Å². The van der Waals surface area contributed by atoms with Gasteiger partial charge in [0.25, 0.3) is 0 Å². The molecule has 6 nitrogen and oxygen atoms in total. The number of unbranched alkanes of at least 4 members (excludes halogenated alkanes) is 1. The van der Waals surface area contributed by atoms with Crippen molar-refractivity contribution in [1.29, 1.82) is 0 Å². The largest absolute Gasteiger partial charge is 0.229 e. The zero-order chi connectivity index (χ0) is 15.3. The lowest BCUT2D eigenvalue weighted by Gasteiger charge is -2.06. The second kappa shape index (κ2) is 6.75. The van der Waals surface area contributed by atoms with E-state index in [0.717, 1.165) is 12.8 Å². The van der Waals surface area contributed by atoms with Gasteiger partial charge in [0.05, 0.1) is 5.75 Å². The van der Waals surface area contributed by atoms with E-state index in [0.29, 0.717) is 12.4 Å². The molecule has 0 aliphatic carbocycles. The van der Waals surface area contributed by atoms with Gasteiger partial charge in [0.1, 0.15) is 11.6 Å². The van der Waals surface area contributed by atoms with E-state index in [9.17, 15) is 12.8 Å². The molecule has 0 unspecified atom stereocenters. The van der Waals surface area contributed by atoms with E-state index in [2.05, 4.69) is 15.5 Å². The Morgan fingerprint density at radius 1 is 1.24 bits per heavy atom. The average molecular weight is 312 g/mol. The van der Waals surface area contributed by atoms with Crippen molar-refractivity contribution in [3.05, 3.63) is 41.5 Å². The van der Waals surface area contributed by atoms with Gasteiger partial charge in [-0.15, -0.1) is 5.10 Å². The Labute approximate surface area is 122 Å². The number of sulfone groups is 1. The average Bonchev–Trinajstić information content (AvgIpc) is 2.85. The molecule has 0 aliphatic heterocycles. The summed E-state index contributed by atoms with van der Waals surface area (Å²) in [6.45, 7) is 2.60. The van der Waals surface area contributed by atoms with Crippen molar-refractivity contribution in [2.24, 2.45) is 0 Å². The van der Waals surface area contributed by atoms with Crippen LogP contribution in [0.25, 0.3) is 0 Å². The molecule has 0 N–H and O–H groups in total. The molecule has 1 aromatic carbocycles. The second-order valence-electron chi connectivity index (χ2n) is 4.80. The summed E-state index contributed by atoms with van der Waals surface area (Å²) < 4.78 is 39.4. The monoisotopic (exact) mass is 312 g/mol. The molecule has 114 valence electrons. The third-order valence-electron chi connectivity index (χ3n) is 3.01. The van der Waals surface area contributed by atoms with Crippen molar-refractivity contribution in [2.45, 2.75) is 37.8 Å². The zero-order valence-electron chi connectivity index (χ0n) is 11.7. The third-order valence-corrected chi connectivity index (χ3v) is 4.46. The molecule has 0 bridgehead atoms. The molecule has 0 saturated heterocycles. The smallest absolute Gasteiger partial charge is 0.166 e. The number of hydrogen-bond acceptors (Lipinski definition) is 5. The Kier molecular flexibility index (Phi) is 5.00. The predicted molar refractivity (Wildman–Crippen MR) is 75.5 cm³/mol. The van der Waals surface area contributed by atoms with E-state index in [1.807, 2.05) is 6.92 Å². The van der Waals surface area contributed by atoms with Crippen molar-refractivity contribution in [3.63, 3.8) is 0 Å². The van der Waals surface area contributed by atoms with Gasteiger partial charge in [-0.3, -0.25) is 0 Å². The van der Waals surface area contributed by atoms with Crippen LogP contribution >= 0.6 is 0 Å². The number of hydrogen-bond donors (Lipinski definition) is 0. The maximum absolute atomic E-state index is 13.5. The van der Waals surface area contributed by atoms with Crippen LogP contribution in [0.4, 0.5) is 4.39 Å². The number of benzene rings is 1. The molecule has 1 heterocycles. The van der Waals surface area contributed by atoms with Gasteiger partial charge in [-0.05, 0) is 22.9 Å². The molecular weight excluding hydrogens is 295 g/mol. The number of halogens is 1. The van der Waals surface area contributed by atoms with Crippen LogP contribution in [0.1, 0.15) is 31.2 Å². The van der Waals surface area contributed by atoms with Gasteiger partial charge in [0.2, 0.25) is 0 Å². The van der Waals surface area contributed by atoms with Crippen LogP contribution < -0.4 is 0 Å². The summed E-state index contributed by atoms with van der Waals surface area (Å²) in [6, 6.07) is 5.85. The maximum atomic E-state index is 13.5. The number of aryl methyl sites for hydroxylation is 1. The summed E-state index contributed by atoms with van der Waals surface area (Å²) in [6.07, 6.45) is 1.83. The van der Waals surface area contributed by atoms with E-state index in [-0.39, 0.29) is 17.1 Å². The lowest BCUT2D eigenvalue weighted by Crippen LogP contribution is -2.14. The minimum absolute atomic E-state index is 0.157. The molecule has 21 heavy (non-hydrogen) atoms. The quantitative estimate of drug-likeness (QED) is 0.778. The van der Waals surface area contributed by atoms with Crippen LogP contribution in [0.15, 0.2) is 24.3 Å². The minimum Gasteiger partial charge on any atom is -0.229 e. The van der Waals surface area contributed by atoms with E-state index in [1.54, 1.807) is 6.07 Å². The van der Waals surface area contributed by atoms with E-state index < -0.39 is 15.7 Å². The summed E-state index contributed by atoms with van der Waals surface area (Å²) in [5.41, 5.74) is 0.157. The van der Waals surface area contributed by atoms with E-state index in [1.165, 1.54) is 22.9 Å². The molecule has 0 amide bonds. The van der Waals surface area contributed by atoms with Gasteiger partial charge in [-0.2, -0.15) is 0 Å². The molecule has 0 spiro atoms. The second-order valence-corrected chi connectivity index (χ2v) is 6.86. The highest BCUT2D eigenvalue weighted by Crippen LogP contribution is 2.14. The first-order chi connectivity index (χ1) is 10.0. The molecular formula is C13H17FN4O2S. The van der Waals surface area contributed by atoms with Gasteiger partial charge >= 0.3 is 0 Å². The molecule has 2 rings (SSSR count). The first kappa shape index (κ1) is 15.6. The van der Waals surface area contributed by atoms with Crippen molar-refractivity contribution >= 4 is 9.84 Å². The van der Waals surface area contributed by atoms with Crippen LogP contribution in [-0.2, 0) is 27.9 Å². The summed E-state index contributed by atoms with van der Waals surface area (Å²) >= 11 is 0. The highest BCUT2D eigenvalue weighted by atomic mass is 32.2. The van der Waals surface area contributed by atoms with Crippen molar-refractivity contribution in [1.82, 2.24) is 20.2 Å². The Hall–Kier alpha value is -1.83. The fourth-order valence-electron chi connectivity index (χ4n) is 1.91. The van der Waals surface area contributed by atoms with E-state index >= 15 is 0 Å². The SMILES string of the molecule is CCCCn1nnnc1CS(=O)(=O)Cc1ccccc1F. The summed E-state index contributed by atoms with van der Waals surface area (Å²) in [4.78, 5) is 0. The number of aromatic nitrogens is 4. The van der Waals surface area contributed by atoms with Crippen LogP contribution in [0, 0.1) is 5.82 Å². The molecule has 0 saturated carbocycles. The Bertz CT molecular complexity index is 700. The number of rotatable bonds is 7. The Balaban J connectivity index is 2.11. The van der Waals surface area contributed by atoms with Gasteiger partial charge in [0, 0.05) is 12.1 Å². The van der Waals surface area contributed by atoms with Crippen LogP contribution in [0.2, 0.25) is 0 Å². The Morgan fingerprint density at radius 2 is 2.00 bits per heavy atom. The van der Waals surface area contributed by atoms with Gasteiger partial charge in [-0.25, -0.2) is 17.5 Å². The number of nitrogens with zero attached hydrogens (tertiary/aromatic N) is 4. The summed E-state index contributed by atoms with van der Waals surface area (Å²) in [7, 11) is -3.53. The lowest BCUT2D eigenvalue weighted by atomic mass is 10.2. The molecule has 0 radical (unpaired) electrons. The molecule has 2 aromatic rings. The standard InChI is InChI=1S/C13H17FN4O2S/c1-2-3-8-18-13(15-16-17-18)10-21(19,20)9-11-6-4-5-7-12(11)14/h4-7H,2-3,8-10H2,1H3. The van der Waals surface area contributed by atoms with Crippen molar-refractivity contribution < 1.29 is 12.8 Å². The van der Waals surface area contributed by atoms with Gasteiger partial charge in [0.15, 0.2) is 15.7 Å². The fourth-order valence-corrected chi connectivity index (χ4v) is 3.32. The van der Waals surface area contributed by atoms with Crippen molar-refractivity contribution in [3.8, 4) is 0 Å². The summed E-state index contributed by atoms with van der Waals surface area (Å²) in [5.74, 6) is -0.885. The minimum atomic E-state index is -3.53. The van der Waals surface area contributed by atoms with Crippen LogP contribution in [0.3, 0.4) is 0 Å². The molecule has 1 aromatic heterocycles. The molecule has 0 atom stereocenters. The van der Waals surface area contributed by atoms with Gasteiger partial charge < -0.3 is 0 Å². The number of tetrazole rings is 1. The molecule has 8 heteroatoms. The highest BCUT2D eigenvalue weighted by Gasteiger charge is 2.19. The first-order valence-corrected chi connectivity index (χ1v) is 8.53. The zero-order valence-corrected chi connectivity index (χ0v) is 12.6. The Morgan fingerprint density at radius 3 is 2.71 bits per heavy atom. The molecule has 0 fully saturated rings. The van der Waals surface area contributed by atoms with Gasteiger partial charge in [-0.1, -0.05) is 31.5 Å². The van der Waals surface area contributed by atoms with Crippen molar-refractivity contribution in [2.75, 3.05) is 0 Å². The topological polar surface area (TPSA) is 77.7 Å². The normalized spacial score (nSPS) is 11.7. The fraction of sp³-hybridized carbons (Fsp3) is 0.462. The van der Waals surface area contributed by atoms with Crippen LogP contribution in [0.5, 0.6) is 0 Å². The highest BCUT2D eigenvalue weighted by molar-refractivity contribution is 7.89. The summed E-state index contributed by atoms with van der Waals surface area (Å²) in [5, 5.41) is 11.0. The third kappa shape index (κ3) is 4.32. The first-order valence-electron chi connectivity index (χ1n) is 6.70. The van der Waals surface area contributed by atoms with E-state index in [4.69, 9.17) is 0 Å².